The molecule has 2 N–H and O–H groups in total. The Morgan fingerprint density at radius 1 is 1.24 bits per heavy atom. The Morgan fingerprint density at radius 2 is 1.94 bits per heavy atom. The van der Waals surface area contributed by atoms with Crippen LogP contribution >= 0.6 is 0 Å². The summed E-state index contributed by atoms with van der Waals surface area (Å²) in [6.07, 6.45) is 7.25. The van der Waals surface area contributed by atoms with Gasteiger partial charge < -0.3 is 19.6 Å². The van der Waals surface area contributed by atoms with Crippen molar-refractivity contribution in [3.05, 3.63) is 23.8 Å². The number of nitrogens with one attached hydrogen (secondary N) is 1. The van der Waals surface area contributed by atoms with Crippen molar-refractivity contribution in [3.63, 3.8) is 0 Å². The fourth-order valence-electron chi connectivity index (χ4n) is 4.93. The molecule has 8 nitrogen and oxygen atoms in total. The smallest absolute Gasteiger partial charge is 0.258 e. The second-order valence-corrected chi connectivity index (χ2v) is 11.7. The highest BCUT2D eigenvalue weighted by Crippen LogP contribution is 2.35. The molecule has 1 aliphatic carbocycles. The number of rotatable bonds is 8. The number of aliphatic hydroxyl groups excluding tert-OH is 1. The topological polar surface area (TPSA) is 99.2 Å². The molecule has 0 aromatic heterocycles. The van der Waals surface area contributed by atoms with Crippen LogP contribution in [0.25, 0.3) is 0 Å². The molecule has 3 rings (SSSR count). The zero-order chi connectivity index (χ0) is 24.2. The molecule has 0 unspecified atom stereocenters. The fraction of sp³-hybridized carbons (Fsp3) is 0.708. The molecule has 0 spiro atoms. The number of likely N-dealkylation sites (N-methyl/N-ethyl adjacent to an activating group) is 1. The van der Waals surface area contributed by atoms with Crippen LogP contribution in [-0.2, 0) is 10.0 Å². The molecule has 0 bridgehead atoms. The summed E-state index contributed by atoms with van der Waals surface area (Å²) in [6, 6.07) is 4.55. The first-order valence-electron chi connectivity index (χ1n) is 12.0. The number of hydrogen-bond acceptors (Lipinski definition) is 6. The first-order valence-corrected chi connectivity index (χ1v) is 13.9. The molecule has 1 heterocycles. The Balaban J connectivity index is 1.92. The first-order chi connectivity index (χ1) is 15.6. The molecule has 1 fully saturated rings. The van der Waals surface area contributed by atoms with E-state index >= 15 is 0 Å². The maximum absolute atomic E-state index is 13.4. The van der Waals surface area contributed by atoms with E-state index in [9.17, 15) is 18.3 Å². The molecule has 33 heavy (non-hydrogen) atoms. The highest BCUT2D eigenvalue weighted by Gasteiger charge is 2.35. The molecule has 1 amide bonds. The van der Waals surface area contributed by atoms with Gasteiger partial charge in [-0.2, -0.15) is 0 Å². The van der Waals surface area contributed by atoms with Crippen molar-refractivity contribution in [2.24, 2.45) is 11.8 Å². The molecular formula is C24H39N3O5S. The van der Waals surface area contributed by atoms with Gasteiger partial charge in [0.05, 0.1) is 30.2 Å². The maximum Gasteiger partial charge on any atom is 0.258 e. The van der Waals surface area contributed by atoms with Crippen molar-refractivity contribution in [2.45, 2.75) is 58.1 Å². The van der Waals surface area contributed by atoms with Crippen molar-refractivity contribution in [1.82, 2.24) is 9.80 Å². The van der Waals surface area contributed by atoms with E-state index in [2.05, 4.69) is 16.7 Å². The van der Waals surface area contributed by atoms with Crippen LogP contribution in [0.4, 0.5) is 5.69 Å². The minimum absolute atomic E-state index is 0.0174. The van der Waals surface area contributed by atoms with E-state index in [1.807, 2.05) is 13.8 Å². The number of amides is 1. The molecule has 1 aromatic rings. The molecular weight excluding hydrogens is 442 g/mol. The maximum atomic E-state index is 13.4. The van der Waals surface area contributed by atoms with Crippen LogP contribution < -0.4 is 9.46 Å². The third-order valence-electron chi connectivity index (χ3n) is 6.77. The highest BCUT2D eigenvalue weighted by molar-refractivity contribution is 7.92. The van der Waals surface area contributed by atoms with Crippen LogP contribution in [0.2, 0.25) is 0 Å². The lowest BCUT2D eigenvalue weighted by atomic mass is 9.89. The summed E-state index contributed by atoms with van der Waals surface area (Å²) >= 11 is 0. The van der Waals surface area contributed by atoms with Gasteiger partial charge in [-0.3, -0.25) is 9.52 Å². The number of sulfonamides is 1. The predicted molar refractivity (Wildman–Crippen MR) is 130 cm³/mol. The molecule has 3 atom stereocenters. The quantitative estimate of drug-likeness (QED) is 0.592. The largest absolute Gasteiger partial charge is 0.486 e. The van der Waals surface area contributed by atoms with E-state index in [0.29, 0.717) is 24.6 Å². The van der Waals surface area contributed by atoms with Crippen molar-refractivity contribution in [2.75, 3.05) is 44.3 Å². The number of fused-ring (bicyclic) bond motifs is 1. The second kappa shape index (κ2) is 11.1. The lowest BCUT2D eigenvalue weighted by Crippen LogP contribution is -2.50. The van der Waals surface area contributed by atoms with Crippen LogP contribution in [-0.4, -0.2) is 80.9 Å². The summed E-state index contributed by atoms with van der Waals surface area (Å²) < 4.78 is 32.9. The monoisotopic (exact) mass is 481 g/mol. The van der Waals surface area contributed by atoms with Crippen LogP contribution in [0.5, 0.6) is 5.75 Å². The molecule has 1 aromatic carbocycles. The van der Waals surface area contributed by atoms with E-state index in [0.717, 1.165) is 12.8 Å². The molecule has 0 saturated heterocycles. The van der Waals surface area contributed by atoms with Gasteiger partial charge in [-0.15, -0.1) is 0 Å². The van der Waals surface area contributed by atoms with Gasteiger partial charge in [0.25, 0.3) is 5.91 Å². The van der Waals surface area contributed by atoms with Gasteiger partial charge in [-0.05, 0) is 44.9 Å². The number of carbonyl (C=O) groups excluding carboxylic acids is 1. The number of para-hydroxylation sites is 1. The fourth-order valence-corrected chi connectivity index (χ4v) is 5.49. The van der Waals surface area contributed by atoms with Gasteiger partial charge in [0.2, 0.25) is 10.0 Å². The van der Waals surface area contributed by atoms with Crippen molar-refractivity contribution < 1.29 is 23.1 Å². The number of anilines is 1. The van der Waals surface area contributed by atoms with Gasteiger partial charge in [-0.1, -0.05) is 32.3 Å². The summed E-state index contributed by atoms with van der Waals surface area (Å²) in [4.78, 5) is 17.4. The minimum atomic E-state index is -3.56. The lowest BCUT2D eigenvalue weighted by Gasteiger charge is -2.39. The normalized spacial score (nSPS) is 23.5. The number of ether oxygens (including phenoxy) is 1. The van der Waals surface area contributed by atoms with Crippen LogP contribution in [0.1, 0.15) is 56.3 Å². The molecule has 0 radical (unpaired) electrons. The number of carbonyl (C=O) groups is 1. The molecule has 1 saturated carbocycles. The van der Waals surface area contributed by atoms with Gasteiger partial charge in [0, 0.05) is 25.6 Å². The average molecular weight is 482 g/mol. The highest BCUT2D eigenvalue weighted by atomic mass is 32.2. The van der Waals surface area contributed by atoms with Crippen LogP contribution in [0.15, 0.2) is 18.2 Å². The lowest BCUT2D eigenvalue weighted by molar-refractivity contribution is 0.0333. The zero-order valence-corrected chi connectivity index (χ0v) is 21.1. The summed E-state index contributed by atoms with van der Waals surface area (Å²) in [7, 11) is -1.46. The molecule has 9 heteroatoms. The van der Waals surface area contributed by atoms with Crippen molar-refractivity contribution in [3.8, 4) is 5.75 Å². The van der Waals surface area contributed by atoms with E-state index < -0.39 is 10.0 Å². The van der Waals surface area contributed by atoms with E-state index in [4.69, 9.17) is 4.74 Å². The van der Waals surface area contributed by atoms with Gasteiger partial charge in [0.15, 0.2) is 5.75 Å². The molecule has 2 aliphatic rings. The van der Waals surface area contributed by atoms with E-state index in [1.54, 1.807) is 23.1 Å². The number of aliphatic hydroxyl groups is 1. The van der Waals surface area contributed by atoms with Crippen LogP contribution in [0, 0.1) is 11.8 Å². The van der Waals surface area contributed by atoms with Crippen molar-refractivity contribution >= 4 is 21.6 Å². The Kier molecular flexibility index (Phi) is 8.64. The summed E-state index contributed by atoms with van der Waals surface area (Å²) in [6.45, 7) is 5.82. The predicted octanol–water partition coefficient (Wildman–Crippen LogP) is 2.79. The SMILES string of the molecule is C[C@H](CO)N1C[C@H](C)[C@@H](CN(C)CC2CCCCC2)Oc2c(NS(C)(=O)=O)cccc2C1=O. The third kappa shape index (κ3) is 6.83. The van der Waals surface area contributed by atoms with E-state index in [-0.39, 0.29) is 42.0 Å². The van der Waals surface area contributed by atoms with Gasteiger partial charge in [-0.25, -0.2) is 8.42 Å². The van der Waals surface area contributed by atoms with Gasteiger partial charge in [0.1, 0.15) is 6.10 Å². The number of benzene rings is 1. The number of hydrogen-bond donors (Lipinski definition) is 2. The Bertz CT molecular complexity index is 917. The standard InChI is InChI=1S/C24H39N3O5S/c1-17-13-27(18(2)16-28)24(29)20-11-8-12-21(25-33(4,30)31)23(20)32-22(17)15-26(3)14-19-9-6-5-7-10-19/h8,11-12,17-19,22,25,28H,5-7,9-10,13-16H2,1-4H3/t17-,18+,22+/m0/s1. The zero-order valence-electron chi connectivity index (χ0n) is 20.3. The summed E-state index contributed by atoms with van der Waals surface area (Å²) in [5.41, 5.74) is 0.560. The summed E-state index contributed by atoms with van der Waals surface area (Å²) in [5.74, 6) is 0.654. The minimum Gasteiger partial charge on any atom is -0.486 e. The van der Waals surface area contributed by atoms with Gasteiger partial charge >= 0.3 is 0 Å². The second-order valence-electron chi connectivity index (χ2n) is 9.90. The first kappa shape index (κ1) is 25.8. The molecule has 186 valence electrons. The Morgan fingerprint density at radius 3 is 2.58 bits per heavy atom. The Hall–Kier alpha value is -1.84. The van der Waals surface area contributed by atoms with Crippen molar-refractivity contribution in [1.29, 1.82) is 0 Å². The molecule has 1 aliphatic heterocycles. The summed E-state index contributed by atoms with van der Waals surface area (Å²) in [5, 5.41) is 9.78. The average Bonchev–Trinajstić information content (AvgIpc) is 2.75. The Labute approximate surface area is 198 Å². The van der Waals surface area contributed by atoms with E-state index in [1.165, 1.54) is 32.1 Å². The van der Waals surface area contributed by atoms with Crippen LogP contribution in [0.3, 0.4) is 0 Å². The number of nitrogens with zero attached hydrogens (tertiary/aromatic N) is 2. The third-order valence-corrected chi connectivity index (χ3v) is 7.36.